The number of rotatable bonds is 4. The van der Waals surface area contributed by atoms with E-state index < -0.39 is 0 Å². The first kappa shape index (κ1) is 12.0. The van der Waals surface area contributed by atoms with Gasteiger partial charge in [-0.25, -0.2) is 15.0 Å². The van der Waals surface area contributed by atoms with E-state index >= 15 is 0 Å². The van der Waals surface area contributed by atoms with Crippen molar-refractivity contribution in [2.75, 3.05) is 12.4 Å². The van der Waals surface area contributed by atoms with Gasteiger partial charge < -0.3 is 5.32 Å². The molecule has 0 saturated heterocycles. The minimum Gasteiger partial charge on any atom is -0.373 e. The lowest BCUT2D eigenvalue weighted by molar-refractivity contribution is 0.635. The maximum Gasteiger partial charge on any atom is 0.181 e. The standard InChI is InChI=1S/C12H16N4S/c1-8(2)4-9-5-11(13-3)16-12(15-9)10-6-17-7-14-10/h5-8H,4H2,1-3H3,(H,13,15,16). The average molecular weight is 248 g/mol. The van der Waals surface area contributed by atoms with Crippen LogP contribution < -0.4 is 5.32 Å². The lowest BCUT2D eigenvalue weighted by Crippen LogP contribution is -2.03. The third-order valence-corrected chi connectivity index (χ3v) is 2.90. The highest BCUT2D eigenvalue weighted by Gasteiger charge is 2.08. The fraction of sp³-hybridized carbons (Fsp3) is 0.417. The van der Waals surface area contributed by atoms with Crippen molar-refractivity contribution in [3.63, 3.8) is 0 Å². The van der Waals surface area contributed by atoms with Crippen LogP contribution in [0.15, 0.2) is 17.0 Å². The molecule has 90 valence electrons. The normalized spacial score (nSPS) is 10.8. The molecule has 0 aromatic carbocycles. The van der Waals surface area contributed by atoms with Gasteiger partial charge in [0.25, 0.3) is 0 Å². The van der Waals surface area contributed by atoms with E-state index in [9.17, 15) is 0 Å². The monoisotopic (exact) mass is 248 g/mol. The Morgan fingerprint density at radius 2 is 2.18 bits per heavy atom. The molecule has 0 aliphatic heterocycles. The van der Waals surface area contributed by atoms with Gasteiger partial charge in [-0.15, -0.1) is 11.3 Å². The highest BCUT2D eigenvalue weighted by molar-refractivity contribution is 7.07. The van der Waals surface area contributed by atoms with E-state index in [-0.39, 0.29) is 0 Å². The van der Waals surface area contributed by atoms with Gasteiger partial charge >= 0.3 is 0 Å². The minimum absolute atomic E-state index is 0.581. The second-order valence-corrected chi connectivity index (χ2v) is 5.01. The van der Waals surface area contributed by atoms with E-state index in [1.807, 2.05) is 18.5 Å². The summed E-state index contributed by atoms with van der Waals surface area (Å²) >= 11 is 1.56. The topological polar surface area (TPSA) is 50.7 Å². The molecule has 17 heavy (non-hydrogen) atoms. The Morgan fingerprint density at radius 1 is 1.35 bits per heavy atom. The van der Waals surface area contributed by atoms with Gasteiger partial charge in [-0.2, -0.15) is 0 Å². The van der Waals surface area contributed by atoms with E-state index in [1.165, 1.54) is 0 Å². The zero-order valence-corrected chi connectivity index (χ0v) is 11.1. The smallest absolute Gasteiger partial charge is 0.181 e. The number of aromatic nitrogens is 3. The molecule has 5 heteroatoms. The van der Waals surface area contributed by atoms with Crippen LogP contribution in [-0.2, 0) is 6.42 Å². The zero-order chi connectivity index (χ0) is 12.3. The molecule has 4 nitrogen and oxygen atoms in total. The lowest BCUT2D eigenvalue weighted by Gasteiger charge is -2.08. The second-order valence-electron chi connectivity index (χ2n) is 4.29. The Hall–Kier alpha value is -1.49. The van der Waals surface area contributed by atoms with Crippen LogP contribution in [0.4, 0.5) is 5.82 Å². The molecule has 0 fully saturated rings. The fourth-order valence-electron chi connectivity index (χ4n) is 1.59. The largest absolute Gasteiger partial charge is 0.373 e. The van der Waals surface area contributed by atoms with Gasteiger partial charge in [0, 0.05) is 24.2 Å². The summed E-state index contributed by atoms with van der Waals surface area (Å²) in [6.45, 7) is 4.37. The van der Waals surface area contributed by atoms with Crippen LogP contribution in [0.3, 0.4) is 0 Å². The lowest BCUT2D eigenvalue weighted by atomic mass is 10.1. The van der Waals surface area contributed by atoms with Crippen molar-refractivity contribution >= 4 is 17.2 Å². The third kappa shape index (κ3) is 3.00. The van der Waals surface area contributed by atoms with E-state index in [2.05, 4.69) is 34.1 Å². The molecule has 0 unspecified atom stereocenters. The van der Waals surface area contributed by atoms with Crippen LogP contribution in [-0.4, -0.2) is 22.0 Å². The van der Waals surface area contributed by atoms with E-state index in [0.29, 0.717) is 11.7 Å². The molecule has 0 saturated carbocycles. The van der Waals surface area contributed by atoms with Crippen LogP contribution in [0.25, 0.3) is 11.5 Å². The Balaban J connectivity index is 2.38. The average Bonchev–Trinajstić information content (AvgIpc) is 2.81. The Bertz CT molecular complexity index is 479. The van der Waals surface area contributed by atoms with Crippen molar-refractivity contribution in [3.8, 4) is 11.5 Å². The molecule has 0 radical (unpaired) electrons. The summed E-state index contributed by atoms with van der Waals surface area (Å²) in [5, 5.41) is 5.03. The maximum atomic E-state index is 4.56. The molecule has 0 bridgehead atoms. The van der Waals surface area contributed by atoms with Gasteiger partial charge in [-0.1, -0.05) is 13.8 Å². The van der Waals surface area contributed by atoms with Crippen molar-refractivity contribution in [2.24, 2.45) is 5.92 Å². The fourth-order valence-corrected chi connectivity index (χ4v) is 2.12. The number of nitrogens with zero attached hydrogens (tertiary/aromatic N) is 3. The van der Waals surface area contributed by atoms with Crippen LogP contribution in [0, 0.1) is 5.92 Å². The van der Waals surface area contributed by atoms with Gasteiger partial charge in [0.2, 0.25) is 0 Å². The van der Waals surface area contributed by atoms with E-state index in [4.69, 9.17) is 0 Å². The molecule has 1 N–H and O–H groups in total. The number of hydrogen-bond donors (Lipinski definition) is 1. The summed E-state index contributed by atoms with van der Waals surface area (Å²) in [6.07, 6.45) is 0.953. The summed E-state index contributed by atoms with van der Waals surface area (Å²) in [6, 6.07) is 2.00. The van der Waals surface area contributed by atoms with E-state index in [1.54, 1.807) is 16.8 Å². The van der Waals surface area contributed by atoms with Crippen molar-refractivity contribution in [1.82, 2.24) is 15.0 Å². The molecule has 0 aliphatic rings. The zero-order valence-electron chi connectivity index (χ0n) is 10.3. The molecule has 2 rings (SSSR count). The Morgan fingerprint density at radius 3 is 2.76 bits per heavy atom. The minimum atomic E-state index is 0.581. The quantitative estimate of drug-likeness (QED) is 0.904. The van der Waals surface area contributed by atoms with E-state index in [0.717, 1.165) is 23.6 Å². The van der Waals surface area contributed by atoms with Gasteiger partial charge in [0.05, 0.1) is 5.51 Å². The first-order valence-corrected chi connectivity index (χ1v) is 6.57. The second kappa shape index (κ2) is 5.23. The SMILES string of the molecule is CNc1cc(CC(C)C)nc(-c2cscn2)n1. The van der Waals surface area contributed by atoms with Gasteiger partial charge in [-0.05, 0) is 12.3 Å². The predicted octanol–water partition coefficient (Wildman–Crippen LogP) is 2.84. The predicted molar refractivity (Wildman–Crippen MR) is 71.2 cm³/mol. The first-order valence-electron chi connectivity index (χ1n) is 5.63. The number of nitrogens with one attached hydrogen (secondary N) is 1. The van der Waals surface area contributed by atoms with Crippen LogP contribution >= 0.6 is 11.3 Å². The molecular weight excluding hydrogens is 232 g/mol. The van der Waals surface area contributed by atoms with Crippen molar-refractivity contribution in [2.45, 2.75) is 20.3 Å². The number of anilines is 1. The molecular formula is C12H16N4S. The van der Waals surface area contributed by atoms with Crippen molar-refractivity contribution in [1.29, 1.82) is 0 Å². The van der Waals surface area contributed by atoms with Gasteiger partial charge in [-0.3, -0.25) is 0 Å². The van der Waals surface area contributed by atoms with Crippen molar-refractivity contribution in [3.05, 3.63) is 22.7 Å². The maximum absolute atomic E-state index is 4.56. The summed E-state index contributed by atoms with van der Waals surface area (Å²) in [7, 11) is 1.87. The Labute approximate surface area is 105 Å². The van der Waals surface area contributed by atoms with Crippen LogP contribution in [0.5, 0.6) is 0 Å². The molecule has 0 amide bonds. The van der Waals surface area contributed by atoms with Crippen molar-refractivity contribution < 1.29 is 0 Å². The highest BCUT2D eigenvalue weighted by Crippen LogP contribution is 2.19. The summed E-state index contributed by atoms with van der Waals surface area (Å²) < 4.78 is 0. The molecule has 0 aliphatic carbocycles. The molecule has 0 atom stereocenters. The first-order chi connectivity index (χ1) is 8.19. The summed E-state index contributed by atoms with van der Waals surface area (Å²) in [5.74, 6) is 2.13. The molecule has 0 spiro atoms. The summed E-state index contributed by atoms with van der Waals surface area (Å²) in [4.78, 5) is 13.2. The molecule has 2 aromatic rings. The molecule has 2 aromatic heterocycles. The number of hydrogen-bond acceptors (Lipinski definition) is 5. The third-order valence-electron chi connectivity index (χ3n) is 2.31. The number of thiazole rings is 1. The van der Waals surface area contributed by atoms with Gasteiger partial charge in [0.1, 0.15) is 11.5 Å². The van der Waals surface area contributed by atoms with Gasteiger partial charge in [0.15, 0.2) is 5.82 Å². The van der Waals surface area contributed by atoms with Crippen LogP contribution in [0.1, 0.15) is 19.5 Å². The molecule has 2 heterocycles. The summed E-state index contributed by atoms with van der Waals surface area (Å²) in [5.41, 5.74) is 3.70. The Kier molecular flexibility index (Phi) is 3.68. The van der Waals surface area contributed by atoms with Crippen LogP contribution in [0.2, 0.25) is 0 Å². The highest BCUT2D eigenvalue weighted by atomic mass is 32.1.